The smallest absolute Gasteiger partial charge is 0.342 e. The molecule has 1 fully saturated rings. The van der Waals surface area contributed by atoms with Crippen LogP contribution in [0.5, 0.6) is 0 Å². The van der Waals surface area contributed by atoms with Crippen LogP contribution in [-0.2, 0) is 11.2 Å². The van der Waals surface area contributed by atoms with Crippen LogP contribution in [0.25, 0.3) is 0 Å². The van der Waals surface area contributed by atoms with Crippen LogP contribution >= 0.6 is 0 Å². The number of hydrogen-bond donors (Lipinski definition) is 0. The third kappa shape index (κ3) is 3.71. The number of rotatable bonds is 2. The quantitative estimate of drug-likeness (QED) is 0.766. The molecule has 0 saturated carbocycles. The lowest BCUT2D eigenvalue weighted by molar-refractivity contribution is -0.187. The average molecular weight is 289 g/mol. The standard InChI is InChI=1S/C14H15F4NO/c15-12-5-1-3-10(7-12)8-13(20)19-6-2-4-11(9-19)14(16,17)18/h1,3,5,7,11H,2,4,6,8-9H2/t11-/m0/s1. The van der Waals surface area contributed by atoms with Crippen LogP contribution in [0.4, 0.5) is 17.6 Å². The summed E-state index contributed by atoms with van der Waals surface area (Å²) in [5.41, 5.74) is 0.476. The van der Waals surface area contributed by atoms with E-state index in [-0.39, 0.29) is 25.3 Å². The van der Waals surface area contributed by atoms with E-state index >= 15 is 0 Å². The zero-order chi connectivity index (χ0) is 14.8. The molecular formula is C14H15F4NO. The van der Waals surface area contributed by atoms with Crippen LogP contribution in [0.1, 0.15) is 18.4 Å². The first kappa shape index (κ1) is 14.8. The van der Waals surface area contributed by atoms with E-state index in [1.54, 1.807) is 6.07 Å². The first-order valence-corrected chi connectivity index (χ1v) is 6.45. The molecule has 0 radical (unpaired) electrons. The number of alkyl halides is 3. The zero-order valence-corrected chi connectivity index (χ0v) is 10.8. The molecule has 0 spiro atoms. The van der Waals surface area contributed by atoms with Gasteiger partial charge in [-0.25, -0.2) is 4.39 Å². The number of likely N-dealkylation sites (tertiary alicyclic amines) is 1. The van der Waals surface area contributed by atoms with Gasteiger partial charge in [0.05, 0.1) is 12.3 Å². The lowest BCUT2D eigenvalue weighted by Crippen LogP contribution is -2.45. The maximum absolute atomic E-state index is 13.0. The van der Waals surface area contributed by atoms with Crippen LogP contribution in [0.2, 0.25) is 0 Å². The molecule has 0 N–H and O–H groups in total. The van der Waals surface area contributed by atoms with Gasteiger partial charge in [-0.3, -0.25) is 4.79 Å². The topological polar surface area (TPSA) is 20.3 Å². The molecule has 0 aromatic heterocycles. The Morgan fingerprint density at radius 3 is 2.75 bits per heavy atom. The van der Waals surface area contributed by atoms with Crippen molar-refractivity contribution in [3.8, 4) is 0 Å². The first-order valence-electron chi connectivity index (χ1n) is 6.45. The highest BCUT2D eigenvalue weighted by Gasteiger charge is 2.42. The summed E-state index contributed by atoms with van der Waals surface area (Å²) in [7, 11) is 0. The van der Waals surface area contributed by atoms with Gasteiger partial charge in [0.15, 0.2) is 0 Å². The Hall–Kier alpha value is -1.59. The van der Waals surface area contributed by atoms with E-state index in [9.17, 15) is 22.4 Å². The third-order valence-electron chi connectivity index (χ3n) is 3.48. The van der Waals surface area contributed by atoms with Gasteiger partial charge in [0.25, 0.3) is 0 Å². The van der Waals surface area contributed by atoms with Crippen molar-refractivity contribution < 1.29 is 22.4 Å². The van der Waals surface area contributed by atoms with Gasteiger partial charge in [0, 0.05) is 13.1 Å². The molecule has 6 heteroatoms. The summed E-state index contributed by atoms with van der Waals surface area (Å²) in [5.74, 6) is -2.29. The fourth-order valence-corrected chi connectivity index (χ4v) is 2.40. The van der Waals surface area contributed by atoms with E-state index < -0.39 is 17.9 Å². The van der Waals surface area contributed by atoms with E-state index in [1.807, 2.05) is 0 Å². The molecule has 20 heavy (non-hydrogen) atoms. The monoisotopic (exact) mass is 289 g/mol. The number of nitrogens with zero attached hydrogens (tertiary/aromatic N) is 1. The molecule has 2 nitrogen and oxygen atoms in total. The number of benzene rings is 1. The van der Waals surface area contributed by atoms with Crippen molar-refractivity contribution in [2.75, 3.05) is 13.1 Å². The van der Waals surface area contributed by atoms with Crippen molar-refractivity contribution in [1.82, 2.24) is 4.90 Å². The normalized spacial score (nSPS) is 20.0. The fraction of sp³-hybridized carbons (Fsp3) is 0.500. The van der Waals surface area contributed by atoms with Crippen LogP contribution in [0.15, 0.2) is 24.3 Å². The number of halogens is 4. The maximum Gasteiger partial charge on any atom is 0.393 e. The molecule has 1 aliphatic heterocycles. The van der Waals surface area contributed by atoms with Crippen molar-refractivity contribution in [3.63, 3.8) is 0 Å². The summed E-state index contributed by atoms with van der Waals surface area (Å²) in [4.78, 5) is 13.2. The molecule has 1 atom stereocenters. The zero-order valence-electron chi connectivity index (χ0n) is 10.8. The van der Waals surface area contributed by atoms with Gasteiger partial charge >= 0.3 is 6.18 Å². The van der Waals surface area contributed by atoms with Crippen molar-refractivity contribution in [2.45, 2.75) is 25.4 Å². The second-order valence-corrected chi connectivity index (χ2v) is 5.03. The van der Waals surface area contributed by atoms with Gasteiger partial charge in [-0.1, -0.05) is 12.1 Å². The molecule has 1 aromatic rings. The molecule has 1 saturated heterocycles. The van der Waals surface area contributed by atoms with Crippen LogP contribution in [-0.4, -0.2) is 30.1 Å². The minimum Gasteiger partial charge on any atom is -0.342 e. The molecule has 0 unspecified atom stereocenters. The second-order valence-electron chi connectivity index (χ2n) is 5.03. The third-order valence-corrected chi connectivity index (χ3v) is 3.48. The molecule has 0 bridgehead atoms. The van der Waals surface area contributed by atoms with Crippen molar-refractivity contribution in [1.29, 1.82) is 0 Å². The lowest BCUT2D eigenvalue weighted by atomic mass is 9.97. The summed E-state index contributed by atoms with van der Waals surface area (Å²) in [6.45, 7) is 0.0401. The fourth-order valence-electron chi connectivity index (χ4n) is 2.40. The number of amides is 1. The Labute approximate surface area is 114 Å². The number of carbonyl (C=O) groups is 1. The molecule has 110 valence electrons. The largest absolute Gasteiger partial charge is 0.393 e. The van der Waals surface area contributed by atoms with Gasteiger partial charge in [-0.05, 0) is 30.5 Å². The Balaban J connectivity index is 1.99. The Morgan fingerprint density at radius 2 is 2.10 bits per heavy atom. The van der Waals surface area contributed by atoms with E-state index in [1.165, 1.54) is 23.1 Å². The lowest BCUT2D eigenvalue weighted by Gasteiger charge is -2.33. The molecule has 1 heterocycles. The highest BCUT2D eigenvalue weighted by molar-refractivity contribution is 5.78. The maximum atomic E-state index is 13.0. The van der Waals surface area contributed by atoms with Gasteiger partial charge < -0.3 is 4.90 Å². The number of hydrogen-bond acceptors (Lipinski definition) is 1. The predicted octanol–water partition coefficient (Wildman–Crippen LogP) is 3.17. The molecule has 1 amide bonds. The van der Waals surface area contributed by atoms with Crippen LogP contribution in [0.3, 0.4) is 0 Å². The van der Waals surface area contributed by atoms with E-state index in [0.717, 1.165) is 0 Å². The van der Waals surface area contributed by atoms with Crippen molar-refractivity contribution in [2.24, 2.45) is 5.92 Å². The summed E-state index contributed by atoms with van der Waals surface area (Å²) in [6.07, 6.45) is -3.92. The molecule has 2 rings (SSSR count). The van der Waals surface area contributed by atoms with Gasteiger partial charge in [-0.15, -0.1) is 0 Å². The van der Waals surface area contributed by atoms with Gasteiger partial charge in [-0.2, -0.15) is 13.2 Å². The Kier molecular flexibility index (Phi) is 4.30. The Bertz CT molecular complexity index is 486. The molecular weight excluding hydrogens is 274 g/mol. The minimum absolute atomic E-state index is 0.0627. The molecule has 0 aliphatic carbocycles. The highest BCUT2D eigenvalue weighted by Crippen LogP contribution is 2.33. The highest BCUT2D eigenvalue weighted by atomic mass is 19.4. The first-order chi connectivity index (χ1) is 9.36. The number of carbonyl (C=O) groups excluding carboxylic acids is 1. The molecule has 1 aromatic carbocycles. The van der Waals surface area contributed by atoms with E-state index in [2.05, 4.69) is 0 Å². The van der Waals surface area contributed by atoms with Crippen LogP contribution in [0, 0.1) is 11.7 Å². The van der Waals surface area contributed by atoms with Crippen LogP contribution < -0.4 is 0 Å². The van der Waals surface area contributed by atoms with Crippen molar-refractivity contribution in [3.05, 3.63) is 35.6 Å². The second kappa shape index (κ2) is 5.81. The summed E-state index contributed by atoms with van der Waals surface area (Å²) in [5, 5.41) is 0. The average Bonchev–Trinajstić information content (AvgIpc) is 2.38. The summed E-state index contributed by atoms with van der Waals surface area (Å²) >= 11 is 0. The van der Waals surface area contributed by atoms with Crippen molar-refractivity contribution >= 4 is 5.91 Å². The van der Waals surface area contributed by atoms with Gasteiger partial charge in [0.1, 0.15) is 5.82 Å². The van der Waals surface area contributed by atoms with E-state index in [4.69, 9.17) is 0 Å². The SMILES string of the molecule is O=C(Cc1cccc(F)c1)N1CCC[C@H](C(F)(F)F)C1. The Morgan fingerprint density at radius 1 is 1.35 bits per heavy atom. The predicted molar refractivity (Wildman–Crippen MR) is 65.5 cm³/mol. The van der Waals surface area contributed by atoms with E-state index in [0.29, 0.717) is 18.5 Å². The van der Waals surface area contributed by atoms with Gasteiger partial charge in [0.2, 0.25) is 5.91 Å². The summed E-state index contributed by atoms with van der Waals surface area (Å²) in [6, 6.07) is 5.55. The minimum atomic E-state index is -4.27. The summed E-state index contributed by atoms with van der Waals surface area (Å²) < 4.78 is 51.0. The molecule has 1 aliphatic rings. The number of piperidine rings is 1.